The summed E-state index contributed by atoms with van der Waals surface area (Å²) in [5, 5.41) is 3.52. The van der Waals surface area contributed by atoms with Crippen molar-refractivity contribution < 1.29 is 14.3 Å². The molecule has 8 heteroatoms. The Morgan fingerprint density at radius 3 is 2.31 bits per heavy atom. The summed E-state index contributed by atoms with van der Waals surface area (Å²) in [5.41, 5.74) is 1.71. The monoisotopic (exact) mass is 454 g/mol. The molecule has 2 rings (SSSR count). The molecule has 0 aliphatic carbocycles. The number of nitrogens with one attached hydrogen (secondary N) is 1. The molecule has 5 nitrogen and oxygen atoms in total. The van der Waals surface area contributed by atoms with Gasteiger partial charge in [-0.05, 0) is 36.8 Å². The van der Waals surface area contributed by atoms with E-state index in [4.69, 9.17) is 27.9 Å². The van der Waals surface area contributed by atoms with Crippen LogP contribution in [-0.2, 0) is 21.9 Å². The number of hydrogen-bond donors (Lipinski definition) is 1. The number of amides is 2. The number of halogens is 2. The summed E-state index contributed by atoms with van der Waals surface area (Å²) in [6.45, 7) is 1.85. The topological polar surface area (TPSA) is 58.6 Å². The van der Waals surface area contributed by atoms with E-state index in [-0.39, 0.29) is 24.1 Å². The lowest BCUT2D eigenvalue weighted by atomic mass is 10.1. The second kappa shape index (κ2) is 11.3. The predicted octanol–water partition coefficient (Wildman–Crippen LogP) is 4.40. The number of ether oxygens (including phenoxy) is 1. The van der Waals surface area contributed by atoms with Crippen molar-refractivity contribution in [2.75, 3.05) is 19.9 Å². The van der Waals surface area contributed by atoms with Crippen molar-refractivity contribution in [1.29, 1.82) is 0 Å². The van der Waals surface area contributed by atoms with Crippen LogP contribution in [-0.4, -0.2) is 42.7 Å². The lowest BCUT2D eigenvalue weighted by molar-refractivity contribution is -0.138. The maximum absolute atomic E-state index is 12.9. The molecule has 2 aromatic rings. The smallest absolute Gasteiger partial charge is 0.242 e. The third kappa shape index (κ3) is 6.56. The molecule has 156 valence electrons. The van der Waals surface area contributed by atoms with Gasteiger partial charge in [-0.15, -0.1) is 11.8 Å². The number of carbonyl (C=O) groups is 2. The van der Waals surface area contributed by atoms with Gasteiger partial charge < -0.3 is 15.0 Å². The summed E-state index contributed by atoms with van der Waals surface area (Å²) >= 11 is 14.0. The number of thioether (sulfide) groups is 1. The molecule has 0 aromatic heterocycles. The molecule has 0 aliphatic heterocycles. The number of hydrogen-bond acceptors (Lipinski definition) is 4. The van der Waals surface area contributed by atoms with E-state index >= 15 is 0 Å². The zero-order chi connectivity index (χ0) is 21.4. The fraction of sp³-hybridized carbons (Fsp3) is 0.333. The average molecular weight is 455 g/mol. The van der Waals surface area contributed by atoms with Crippen molar-refractivity contribution in [2.24, 2.45) is 0 Å². The predicted molar refractivity (Wildman–Crippen MR) is 120 cm³/mol. The minimum Gasteiger partial charge on any atom is -0.497 e. The average Bonchev–Trinajstić information content (AvgIpc) is 2.73. The number of nitrogens with zero attached hydrogens (tertiary/aromatic N) is 1. The van der Waals surface area contributed by atoms with Crippen LogP contribution in [0.25, 0.3) is 0 Å². The molecular formula is C21H24Cl2N2O3S. The van der Waals surface area contributed by atoms with Crippen LogP contribution in [0.15, 0.2) is 42.5 Å². The summed E-state index contributed by atoms with van der Waals surface area (Å²) in [4.78, 5) is 26.6. The number of methoxy groups -OCH3 is 1. The number of benzene rings is 2. The van der Waals surface area contributed by atoms with E-state index in [2.05, 4.69) is 5.32 Å². The fourth-order valence-corrected chi connectivity index (χ4v) is 4.09. The largest absolute Gasteiger partial charge is 0.497 e. The number of carbonyl (C=O) groups excluding carboxylic acids is 2. The maximum Gasteiger partial charge on any atom is 0.242 e. The first-order valence-electron chi connectivity index (χ1n) is 9.02. The van der Waals surface area contributed by atoms with E-state index in [1.54, 1.807) is 39.3 Å². The quantitative estimate of drug-likeness (QED) is 0.609. The van der Waals surface area contributed by atoms with E-state index < -0.39 is 6.04 Å². The van der Waals surface area contributed by atoms with Crippen LogP contribution < -0.4 is 10.1 Å². The van der Waals surface area contributed by atoms with Gasteiger partial charge in [-0.1, -0.05) is 41.4 Å². The van der Waals surface area contributed by atoms with Crippen molar-refractivity contribution >= 4 is 46.8 Å². The minimum absolute atomic E-state index is 0.157. The summed E-state index contributed by atoms with van der Waals surface area (Å²) in [6, 6.07) is 12.2. The molecule has 0 radical (unpaired) electrons. The molecule has 1 N–H and O–H groups in total. The highest BCUT2D eigenvalue weighted by Crippen LogP contribution is 2.27. The Hall–Kier alpha value is -1.89. The first-order chi connectivity index (χ1) is 13.9. The Morgan fingerprint density at radius 2 is 1.76 bits per heavy atom. The summed E-state index contributed by atoms with van der Waals surface area (Å²) < 4.78 is 5.15. The van der Waals surface area contributed by atoms with Crippen LogP contribution in [0.1, 0.15) is 18.1 Å². The molecule has 0 aliphatic rings. The van der Waals surface area contributed by atoms with E-state index in [0.29, 0.717) is 21.4 Å². The first kappa shape index (κ1) is 23.4. The SMILES string of the molecule is CNC(=O)[C@H](C)N(Cc1c(Cl)cccc1Cl)C(=O)CSCc1ccc(OC)cc1. The maximum atomic E-state index is 12.9. The third-order valence-electron chi connectivity index (χ3n) is 4.46. The third-order valence-corrected chi connectivity index (χ3v) is 6.15. The van der Waals surface area contributed by atoms with Gasteiger partial charge in [0, 0.05) is 35.0 Å². The lowest BCUT2D eigenvalue weighted by Gasteiger charge is -2.29. The summed E-state index contributed by atoms with van der Waals surface area (Å²) in [5.74, 6) is 1.29. The zero-order valence-corrected chi connectivity index (χ0v) is 18.9. The van der Waals surface area contributed by atoms with Gasteiger partial charge in [0.15, 0.2) is 0 Å². The highest BCUT2D eigenvalue weighted by molar-refractivity contribution is 7.99. The van der Waals surface area contributed by atoms with E-state index in [1.807, 2.05) is 24.3 Å². The normalized spacial score (nSPS) is 11.6. The standard InChI is InChI=1S/C21H24Cl2N2O3S/c1-14(21(27)24-2)25(11-17-18(22)5-4-6-19(17)23)20(26)13-29-12-15-7-9-16(28-3)10-8-15/h4-10,14H,11-13H2,1-3H3,(H,24,27)/t14-/m0/s1. The second-order valence-electron chi connectivity index (χ2n) is 6.35. The highest BCUT2D eigenvalue weighted by atomic mass is 35.5. The van der Waals surface area contributed by atoms with Gasteiger partial charge in [0.05, 0.1) is 12.9 Å². The van der Waals surface area contributed by atoms with E-state index in [9.17, 15) is 9.59 Å². The Kier molecular flexibility index (Phi) is 9.14. The summed E-state index contributed by atoms with van der Waals surface area (Å²) in [6.07, 6.45) is 0. The molecular weight excluding hydrogens is 431 g/mol. The Balaban J connectivity index is 2.08. The molecule has 0 heterocycles. The van der Waals surface area contributed by atoms with Crippen LogP contribution in [0.3, 0.4) is 0 Å². The highest BCUT2D eigenvalue weighted by Gasteiger charge is 2.26. The molecule has 0 fully saturated rings. The van der Waals surface area contributed by atoms with Gasteiger partial charge in [-0.3, -0.25) is 9.59 Å². The molecule has 0 saturated carbocycles. The number of likely N-dealkylation sites (N-methyl/N-ethyl adjacent to an activating group) is 1. The molecule has 29 heavy (non-hydrogen) atoms. The van der Waals surface area contributed by atoms with Gasteiger partial charge in [-0.2, -0.15) is 0 Å². The zero-order valence-electron chi connectivity index (χ0n) is 16.6. The van der Waals surface area contributed by atoms with Gasteiger partial charge >= 0.3 is 0 Å². The molecule has 2 amide bonds. The van der Waals surface area contributed by atoms with Crippen molar-refractivity contribution in [3.8, 4) is 5.75 Å². The molecule has 0 spiro atoms. The van der Waals surface area contributed by atoms with Gasteiger partial charge in [0.2, 0.25) is 11.8 Å². The van der Waals surface area contributed by atoms with Crippen LogP contribution in [0.4, 0.5) is 0 Å². The Labute approximate surface area is 185 Å². The number of rotatable bonds is 9. The van der Waals surface area contributed by atoms with Gasteiger partial charge in [-0.25, -0.2) is 0 Å². The molecule has 0 bridgehead atoms. The minimum atomic E-state index is -0.651. The van der Waals surface area contributed by atoms with Gasteiger partial charge in [0.25, 0.3) is 0 Å². The summed E-state index contributed by atoms with van der Waals surface area (Å²) in [7, 11) is 3.16. The molecule has 2 aromatic carbocycles. The van der Waals surface area contributed by atoms with Crippen molar-refractivity contribution in [1.82, 2.24) is 10.2 Å². The Morgan fingerprint density at radius 1 is 1.14 bits per heavy atom. The Bertz CT molecular complexity index is 826. The first-order valence-corrected chi connectivity index (χ1v) is 10.9. The van der Waals surface area contributed by atoms with Crippen molar-refractivity contribution in [3.63, 3.8) is 0 Å². The van der Waals surface area contributed by atoms with Crippen LogP contribution in [0, 0.1) is 0 Å². The van der Waals surface area contributed by atoms with Crippen molar-refractivity contribution in [3.05, 3.63) is 63.6 Å². The van der Waals surface area contributed by atoms with E-state index in [0.717, 1.165) is 11.3 Å². The molecule has 0 unspecified atom stereocenters. The van der Waals surface area contributed by atoms with Crippen LogP contribution in [0.5, 0.6) is 5.75 Å². The molecule has 1 atom stereocenters. The lowest BCUT2D eigenvalue weighted by Crippen LogP contribution is -2.47. The fourth-order valence-electron chi connectivity index (χ4n) is 2.71. The van der Waals surface area contributed by atoms with Crippen molar-refractivity contribution in [2.45, 2.75) is 25.3 Å². The van der Waals surface area contributed by atoms with E-state index in [1.165, 1.54) is 16.7 Å². The van der Waals surface area contributed by atoms with Crippen LogP contribution >= 0.6 is 35.0 Å². The van der Waals surface area contributed by atoms with Gasteiger partial charge in [0.1, 0.15) is 11.8 Å². The second-order valence-corrected chi connectivity index (χ2v) is 8.15. The van der Waals surface area contributed by atoms with Crippen LogP contribution in [0.2, 0.25) is 10.0 Å². The molecule has 0 saturated heterocycles.